The topological polar surface area (TPSA) is 106 Å². The number of carboxylic acids is 1. The predicted octanol–water partition coefficient (Wildman–Crippen LogP) is 1.94. The molecule has 1 N–H and O–H groups in total. The van der Waals surface area contributed by atoms with Crippen LogP contribution >= 0.6 is 0 Å². The van der Waals surface area contributed by atoms with Gasteiger partial charge in [0, 0.05) is 25.8 Å². The van der Waals surface area contributed by atoms with Gasteiger partial charge in [0.1, 0.15) is 17.6 Å². The van der Waals surface area contributed by atoms with Crippen LogP contribution < -0.4 is 4.90 Å². The Hall–Kier alpha value is -2.22. The number of carbonyl (C=O) groups is 1. The normalized spacial score (nSPS) is 12.0. The second kappa shape index (κ2) is 7.53. The molecule has 0 radical (unpaired) electrons. The summed E-state index contributed by atoms with van der Waals surface area (Å²) >= 11 is 0. The first kappa shape index (κ1) is 16.8. The van der Waals surface area contributed by atoms with Crippen LogP contribution in [0.15, 0.2) is 12.3 Å². The third-order valence-corrected chi connectivity index (χ3v) is 3.25. The molecule has 0 aromatic carbocycles. The van der Waals surface area contributed by atoms with E-state index >= 15 is 0 Å². The Balaban J connectivity index is 3.23. The minimum Gasteiger partial charge on any atom is -0.477 e. The molecule has 8 heteroatoms. The lowest BCUT2D eigenvalue weighted by atomic mass is 10.2. The van der Waals surface area contributed by atoms with Crippen molar-refractivity contribution in [1.82, 2.24) is 4.98 Å². The van der Waals surface area contributed by atoms with Crippen molar-refractivity contribution in [2.75, 3.05) is 25.2 Å². The molecule has 1 atom stereocenters. The number of hydrogen-bond donors (Lipinski definition) is 1. The highest BCUT2D eigenvalue weighted by Gasteiger charge is 2.24. The van der Waals surface area contributed by atoms with E-state index in [2.05, 4.69) is 4.98 Å². The Morgan fingerprint density at radius 3 is 2.76 bits per heavy atom. The number of nitrogens with zero attached hydrogens (tertiary/aromatic N) is 3. The summed E-state index contributed by atoms with van der Waals surface area (Å²) in [7, 11) is 1.57. The second-order valence-electron chi connectivity index (χ2n) is 4.57. The molecule has 0 aliphatic carbocycles. The Morgan fingerprint density at radius 1 is 1.62 bits per heavy atom. The van der Waals surface area contributed by atoms with Gasteiger partial charge < -0.3 is 14.7 Å². The van der Waals surface area contributed by atoms with Gasteiger partial charge in [-0.1, -0.05) is 6.92 Å². The van der Waals surface area contributed by atoms with Gasteiger partial charge in [-0.05, 0) is 13.3 Å². The SMILES string of the molecule is CCC(C)N(CCOC)c1cc(C(=O)O)c([N+](=O)[O-])cn1. The number of nitro groups is 1. The van der Waals surface area contributed by atoms with E-state index in [-0.39, 0.29) is 11.6 Å². The molecule has 116 valence electrons. The molecule has 0 aliphatic heterocycles. The maximum Gasteiger partial charge on any atom is 0.342 e. The second-order valence-corrected chi connectivity index (χ2v) is 4.57. The molecule has 0 spiro atoms. The van der Waals surface area contributed by atoms with Crippen molar-refractivity contribution < 1.29 is 19.6 Å². The highest BCUT2D eigenvalue weighted by molar-refractivity contribution is 5.93. The van der Waals surface area contributed by atoms with Crippen molar-refractivity contribution in [2.24, 2.45) is 0 Å². The van der Waals surface area contributed by atoms with Crippen LogP contribution in [0.4, 0.5) is 11.5 Å². The Labute approximate surface area is 122 Å². The molecule has 0 amide bonds. The molecule has 21 heavy (non-hydrogen) atoms. The van der Waals surface area contributed by atoms with Gasteiger partial charge in [-0.25, -0.2) is 9.78 Å². The molecule has 8 nitrogen and oxygen atoms in total. The van der Waals surface area contributed by atoms with Crippen molar-refractivity contribution in [3.05, 3.63) is 27.9 Å². The van der Waals surface area contributed by atoms with Gasteiger partial charge in [-0.2, -0.15) is 0 Å². The summed E-state index contributed by atoms with van der Waals surface area (Å²) < 4.78 is 5.03. The molecule has 0 bridgehead atoms. The average molecular weight is 297 g/mol. The standard InChI is InChI=1S/C13H19N3O5/c1-4-9(2)15(5-6-21-3)12-7-10(13(17)18)11(8-14-12)16(19)20/h7-9H,4-6H2,1-3H3,(H,17,18). The van der Waals surface area contributed by atoms with Gasteiger partial charge >= 0.3 is 11.7 Å². The number of ether oxygens (including phenoxy) is 1. The smallest absolute Gasteiger partial charge is 0.342 e. The maximum atomic E-state index is 11.2. The molecule has 1 aromatic rings. The Morgan fingerprint density at radius 2 is 2.29 bits per heavy atom. The predicted molar refractivity (Wildman–Crippen MR) is 76.8 cm³/mol. The van der Waals surface area contributed by atoms with Gasteiger partial charge in [0.25, 0.3) is 0 Å². The third-order valence-electron chi connectivity index (χ3n) is 3.25. The zero-order chi connectivity index (χ0) is 16.0. The summed E-state index contributed by atoms with van der Waals surface area (Å²) in [4.78, 5) is 27.2. The molecule has 1 aromatic heterocycles. The fourth-order valence-corrected chi connectivity index (χ4v) is 1.88. The fourth-order valence-electron chi connectivity index (χ4n) is 1.88. The van der Waals surface area contributed by atoms with E-state index in [0.29, 0.717) is 19.0 Å². The largest absolute Gasteiger partial charge is 0.477 e. The number of aromatic nitrogens is 1. The molecule has 1 heterocycles. The van der Waals surface area contributed by atoms with Crippen LogP contribution in [0.3, 0.4) is 0 Å². The first-order valence-corrected chi connectivity index (χ1v) is 6.55. The van der Waals surface area contributed by atoms with E-state index < -0.39 is 16.6 Å². The van der Waals surface area contributed by atoms with Crippen LogP contribution in [0, 0.1) is 10.1 Å². The van der Waals surface area contributed by atoms with Crippen LogP contribution in [0.2, 0.25) is 0 Å². The first-order valence-electron chi connectivity index (χ1n) is 6.55. The number of hydrogen-bond acceptors (Lipinski definition) is 6. The van der Waals surface area contributed by atoms with Crippen LogP contribution in [-0.4, -0.2) is 47.3 Å². The number of methoxy groups -OCH3 is 1. The lowest BCUT2D eigenvalue weighted by Gasteiger charge is -2.29. The van der Waals surface area contributed by atoms with Crippen molar-refractivity contribution in [2.45, 2.75) is 26.3 Å². The molecule has 0 saturated heterocycles. The first-order chi connectivity index (χ1) is 9.92. The van der Waals surface area contributed by atoms with Crippen molar-refractivity contribution in [3.63, 3.8) is 0 Å². The highest BCUT2D eigenvalue weighted by Crippen LogP contribution is 2.24. The summed E-state index contributed by atoms with van der Waals surface area (Å²) in [5.41, 5.74) is -0.877. The molecule has 1 unspecified atom stereocenters. The van der Waals surface area contributed by atoms with Gasteiger partial charge in [-0.15, -0.1) is 0 Å². The minimum atomic E-state index is -1.35. The molecule has 1 rings (SSSR count). The summed E-state index contributed by atoms with van der Waals surface area (Å²) in [6.07, 6.45) is 1.81. The van der Waals surface area contributed by atoms with Crippen molar-refractivity contribution in [1.29, 1.82) is 0 Å². The molecule has 0 saturated carbocycles. The fraction of sp³-hybridized carbons (Fsp3) is 0.538. The van der Waals surface area contributed by atoms with Gasteiger partial charge in [-0.3, -0.25) is 10.1 Å². The molecular formula is C13H19N3O5. The van der Waals surface area contributed by atoms with Gasteiger partial charge in [0.15, 0.2) is 0 Å². The van der Waals surface area contributed by atoms with E-state index in [1.165, 1.54) is 6.07 Å². The highest BCUT2D eigenvalue weighted by atomic mass is 16.6. The van der Waals surface area contributed by atoms with Gasteiger partial charge in [0.05, 0.1) is 11.5 Å². The van der Waals surface area contributed by atoms with Crippen molar-refractivity contribution in [3.8, 4) is 0 Å². The van der Waals surface area contributed by atoms with Gasteiger partial charge in [0.2, 0.25) is 0 Å². The average Bonchev–Trinajstić information content (AvgIpc) is 2.46. The molecule has 0 fully saturated rings. The zero-order valence-electron chi connectivity index (χ0n) is 12.3. The van der Waals surface area contributed by atoms with E-state index in [1.54, 1.807) is 7.11 Å². The van der Waals surface area contributed by atoms with Crippen LogP contribution in [0.1, 0.15) is 30.6 Å². The van der Waals surface area contributed by atoms with Crippen LogP contribution in [0.5, 0.6) is 0 Å². The summed E-state index contributed by atoms with van der Waals surface area (Å²) in [6, 6.07) is 1.35. The maximum absolute atomic E-state index is 11.2. The lowest BCUT2D eigenvalue weighted by Crippen LogP contribution is -2.36. The lowest BCUT2D eigenvalue weighted by molar-refractivity contribution is -0.385. The van der Waals surface area contributed by atoms with E-state index in [1.807, 2.05) is 18.7 Å². The number of pyridine rings is 1. The van der Waals surface area contributed by atoms with E-state index in [9.17, 15) is 14.9 Å². The number of rotatable bonds is 8. The van der Waals surface area contributed by atoms with Crippen molar-refractivity contribution >= 4 is 17.5 Å². The third kappa shape index (κ3) is 4.12. The monoisotopic (exact) mass is 297 g/mol. The zero-order valence-corrected chi connectivity index (χ0v) is 12.3. The molecule has 0 aliphatic rings. The number of carboxylic acid groups (broad SMARTS) is 1. The summed E-state index contributed by atoms with van der Waals surface area (Å²) in [5, 5.41) is 20.0. The Bertz CT molecular complexity index is 521. The number of anilines is 1. The van der Waals surface area contributed by atoms with E-state index in [0.717, 1.165) is 12.6 Å². The Kier molecular flexibility index (Phi) is 6.04. The molecular weight excluding hydrogens is 278 g/mol. The van der Waals surface area contributed by atoms with Crippen LogP contribution in [0.25, 0.3) is 0 Å². The van der Waals surface area contributed by atoms with Crippen LogP contribution in [-0.2, 0) is 4.74 Å². The minimum absolute atomic E-state index is 0.107. The quantitative estimate of drug-likeness (QED) is 0.577. The number of aromatic carboxylic acids is 1. The summed E-state index contributed by atoms with van der Waals surface area (Å²) in [5.74, 6) is -0.953. The summed E-state index contributed by atoms with van der Waals surface area (Å²) in [6.45, 7) is 4.94. The van der Waals surface area contributed by atoms with E-state index in [4.69, 9.17) is 9.84 Å².